The third kappa shape index (κ3) is 13.8. The normalized spacial score (nSPS) is 10.6. The number of hydrogen-bond donors (Lipinski definition) is 1. The third-order valence-corrected chi connectivity index (χ3v) is 3.86. The molecule has 0 radical (unpaired) electrons. The van der Waals surface area contributed by atoms with Crippen LogP contribution in [-0.4, -0.2) is 22.6 Å². The Labute approximate surface area is 134 Å². The zero-order valence-electron chi connectivity index (χ0n) is 14.1. The molecule has 0 aliphatic rings. The Bertz CT molecular complexity index is 323. The molecule has 22 heavy (non-hydrogen) atoms. The van der Waals surface area contributed by atoms with Crippen molar-refractivity contribution in [3.63, 3.8) is 0 Å². The molecule has 4 heteroatoms. The summed E-state index contributed by atoms with van der Waals surface area (Å²) in [6, 6.07) is 0. The lowest BCUT2D eigenvalue weighted by molar-refractivity contribution is -0.137. The Morgan fingerprint density at radius 3 is 1.36 bits per heavy atom. The molecule has 0 aromatic heterocycles. The minimum absolute atomic E-state index is 0.207. The molecule has 0 aromatic rings. The van der Waals surface area contributed by atoms with E-state index in [0.717, 1.165) is 44.9 Å². The summed E-state index contributed by atoms with van der Waals surface area (Å²) in [4.78, 5) is 33.6. The molecule has 0 amide bonds. The molecule has 0 fully saturated rings. The van der Waals surface area contributed by atoms with E-state index >= 15 is 0 Å². The summed E-state index contributed by atoms with van der Waals surface area (Å²) >= 11 is 0. The Balaban J connectivity index is 3.42. The van der Waals surface area contributed by atoms with Gasteiger partial charge in [0.25, 0.3) is 0 Å². The second-order valence-electron chi connectivity index (χ2n) is 6.03. The number of hydrogen-bond acceptors (Lipinski definition) is 3. The van der Waals surface area contributed by atoms with Gasteiger partial charge in [-0.15, -0.1) is 0 Å². The number of carboxylic acids is 1. The van der Waals surface area contributed by atoms with Crippen LogP contribution >= 0.6 is 0 Å². The van der Waals surface area contributed by atoms with Crippen molar-refractivity contribution in [2.75, 3.05) is 0 Å². The molecule has 0 aromatic carbocycles. The number of carboxylic acid groups (broad SMARTS) is 1. The number of ketones is 2. The number of carbonyl (C=O) groups is 3. The van der Waals surface area contributed by atoms with Crippen molar-refractivity contribution in [1.82, 2.24) is 0 Å². The predicted octanol–water partition coefficient (Wildman–Crippen LogP) is 4.69. The van der Waals surface area contributed by atoms with Gasteiger partial charge < -0.3 is 5.11 Å². The van der Waals surface area contributed by atoms with Crippen molar-refractivity contribution in [3.8, 4) is 0 Å². The largest absolute Gasteiger partial charge is 0.481 e. The van der Waals surface area contributed by atoms with Gasteiger partial charge in [-0.05, 0) is 19.3 Å². The average molecular weight is 312 g/mol. The molecular formula is C18H32O4. The molecule has 0 saturated carbocycles. The topological polar surface area (TPSA) is 71.4 Å². The van der Waals surface area contributed by atoms with E-state index in [1.54, 1.807) is 0 Å². The standard InChI is InChI=1S/C18H32O4/c1-2-3-4-5-7-10-13-16(19)17(20)14-11-8-6-9-12-15-18(21)22/h2-15H2,1H3,(H,21,22). The van der Waals surface area contributed by atoms with Crippen molar-refractivity contribution >= 4 is 17.5 Å². The maximum Gasteiger partial charge on any atom is 0.303 e. The first-order valence-corrected chi connectivity index (χ1v) is 8.85. The van der Waals surface area contributed by atoms with E-state index < -0.39 is 5.97 Å². The molecule has 1 N–H and O–H groups in total. The van der Waals surface area contributed by atoms with Crippen LogP contribution in [0.2, 0.25) is 0 Å². The van der Waals surface area contributed by atoms with Gasteiger partial charge in [0.15, 0.2) is 11.6 Å². The van der Waals surface area contributed by atoms with E-state index in [1.807, 2.05) is 0 Å². The summed E-state index contributed by atoms with van der Waals surface area (Å²) in [5.41, 5.74) is 0. The van der Waals surface area contributed by atoms with Crippen molar-refractivity contribution in [1.29, 1.82) is 0 Å². The molecule has 0 rings (SSSR count). The van der Waals surface area contributed by atoms with Gasteiger partial charge in [-0.2, -0.15) is 0 Å². The fourth-order valence-corrected chi connectivity index (χ4v) is 2.44. The van der Waals surface area contributed by atoms with E-state index in [4.69, 9.17) is 5.11 Å². The second-order valence-corrected chi connectivity index (χ2v) is 6.03. The first kappa shape index (κ1) is 20.8. The van der Waals surface area contributed by atoms with Crippen molar-refractivity contribution < 1.29 is 19.5 Å². The number of unbranched alkanes of at least 4 members (excludes halogenated alkanes) is 9. The van der Waals surface area contributed by atoms with Crippen molar-refractivity contribution in [2.24, 2.45) is 0 Å². The summed E-state index contributed by atoms with van der Waals surface area (Å²) in [6.07, 6.45) is 11.9. The summed E-state index contributed by atoms with van der Waals surface area (Å²) in [5.74, 6) is -1.18. The maximum atomic E-state index is 11.7. The molecule has 128 valence electrons. The lowest BCUT2D eigenvalue weighted by Crippen LogP contribution is -2.13. The molecule has 0 spiro atoms. The molecule has 0 unspecified atom stereocenters. The Morgan fingerprint density at radius 1 is 0.591 bits per heavy atom. The Kier molecular flexibility index (Phi) is 13.9. The molecular weight excluding hydrogens is 280 g/mol. The molecule has 0 heterocycles. The van der Waals surface area contributed by atoms with E-state index in [9.17, 15) is 14.4 Å². The summed E-state index contributed by atoms with van der Waals surface area (Å²) in [7, 11) is 0. The molecule has 4 nitrogen and oxygen atoms in total. The van der Waals surface area contributed by atoms with Gasteiger partial charge in [0.2, 0.25) is 0 Å². The minimum atomic E-state index is -0.754. The molecule has 0 aliphatic carbocycles. The zero-order chi connectivity index (χ0) is 16.6. The van der Waals surface area contributed by atoms with Crippen LogP contribution in [0.15, 0.2) is 0 Å². The zero-order valence-corrected chi connectivity index (χ0v) is 14.1. The van der Waals surface area contributed by atoms with Crippen LogP contribution in [0, 0.1) is 0 Å². The number of aliphatic carboxylic acids is 1. The highest BCUT2D eigenvalue weighted by Crippen LogP contribution is 2.10. The van der Waals surface area contributed by atoms with Gasteiger partial charge in [0.1, 0.15) is 0 Å². The number of carbonyl (C=O) groups excluding carboxylic acids is 2. The molecule has 0 atom stereocenters. The van der Waals surface area contributed by atoms with Gasteiger partial charge in [-0.3, -0.25) is 14.4 Å². The second kappa shape index (κ2) is 14.7. The van der Waals surface area contributed by atoms with Crippen LogP contribution in [0.3, 0.4) is 0 Å². The van der Waals surface area contributed by atoms with Crippen LogP contribution in [0.1, 0.15) is 96.8 Å². The van der Waals surface area contributed by atoms with Crippen molar-refractivity contribution in [2.45, 2.75) is 96.8 Å². The highest BCUT2D eigenvalue weighted by molar-refractivity contribution is 6.37. The van der Waals surface area contributed by atoms with Crippen LogP contribution < -0.4 is 0 Å². The maximum absolute atomic E-state index is 11.7. The lowest BCUT2D eigenvalue weighted by Gasteiger charge is -2.02. The molecule has 0 aliphatic heterocycles. The predicted molar refractivity (Wildman–Crippen MR) is 88.0 cm³/mol. The smallest absolute Gasteiger partial charge is 0.303 e. The Morgan fingerprint density at radius 2 is 0.955 bits per heavy atom. The fraction of sp³-hybridized carbons (Fsp3) is 0.833. The van der Waals surface area contributed by atoms with E-state index in [-0.39, 0.29) is 18.0 Å². The van der Waals surface area contributed by atoms with E-state index in [2.05, 4.69) is 6.92 Å². The third-order valence-electron chi connectivity index (χ3n) is 3.86. The van der Waals surface area contributed by atoms with Gasteiger partial charge in [0.05, 0.1) is 0 Å². The van der Waals surface area contributed by atoms with Crippen LogP contribution in [0.4, 0.5) is 0 Å². The van der Waals surface area contributed by atoms with Crippen LogP contribution in [0.5, 0.6) is 0 Å². The highest BCUT2D eigenvalue weighted by atomic mass is 16.4. The van der Waals surface area contributed by atoms with Gasteiger partial charge >= 0.3 is 5.97 Å². The lowest BCUT2D eigenvalue weighted by atomic mass is 10.0. The Hall–Kier alpha value is -1.19. The van der Waals surface area contributed by atoms with Gasteiger partial charge in [0, 0.05) is 19.3 Å². The minimum Gasteiger partial charge on any atom is -0.481 e. The molecule has 0 saturated heterocycles. The summed E-state index contributed by atoms with van der Waals surface area (Å²) in [5, 5.41) is 8.50. The van der Waals surface area contributed by atoms with Crippen LogP contribution in [0.25, 0.3) is 0 Å². The first-order chi connectivity index (χ1) is 10.6. The molecule has 0 bridgehead atoms. The number of Topliss-reactive ketones (excluding diaryl/α,β-unsaturated/α-hetero) is 2. The first-order valence-electron chi connectivity index (χ1n) is 8.85. The van der Waals surface area contributed by atoms with Crippen molar-refractivity contribution in [3.05, 3.63) is 0 Å². The fourth-order valence-electron chi connectivity index (χ4n) is 2.44. The SMILES string of the molecule is CCCCCCCCC(=O)C(=O)CCCCCCCC(=O)O. The van der Waals surface area contributed by atoms with Gasteiger partial charge in [-0.25, -0.2) is 0 Å². The average Bonchev–Trinajstić information content (AvgIpc) is 2.49. The van der Waals surface area contributed by atoms with E-state index in [1.165, 1.54) is 19.3 Å². The van der Waals surface area contributed by atoms with Crippen LogP contribution in [-0.2, 0) is 14.4 Å². The highest BCUT2D eigenvalue weighted by Gasteiger charge is 2.12. The number of rotatable bonds is 16. The summed E-state index contributed by atoms with van der Waals surface area (Å²) < 4.78 is 0. The summed E-state index contributed by atoms with van der Waals surface area (Å²) in [6.45, 7) is 2.17. The quantitative estimate of drug-likeness (QED) is 0.331. The van der Waals surface area contributed by atoms with Gasteiger partial charge in [-0.1, -0.05) is 58.3 Å². The monoisotopic (exact) mass is 312 g/mol. The van der Waals surface area contributed by atoms with E-state index in [0.29, 0.717) is 19.3 Å².